The van der Waals surface area contributed by atoms with Gasteiger partial charge in [-0.05, 0) is 18.4 Å². The molecule has 2 aromatic rings. The van der Waals surface area contributed by atoms with Gasteiger partial charge in [-0.25, -0.2) is 9.97 Å². The Morgan fingerprint density at radius 2 is 2.25 bits per heavy atom. The molecule has 1 N–H and O–H groups in total. The minimum atomic E-state index is -0.312. The van der Waals surface area contributed by atoms with Crippen LogP contribution >= 0.6 is 11.3 Å². The molecule has 0 aromatic carbocycles. The molecule has 0 radical (unpaired) electrons. The van der Waals surface area contributed by atoms with Crippen molar-refractivity contribution >= 4 is 33.3 Å². The molecule has 0 saturated carbocycles. The summed E-state index contributed by atoms with van der Waals surface area (Å²) >= 11 is 1.57. The predicted molar refractivity (Wildman–Crippen MR) is 77.9 cm³/mol. The number of anilines is 1. The number of aromatic nitrogens is 2. The lowest BCUT2D eigenvalue weighted by atomic mass is 10.2. The van der Waals surface area contributed by atoms with Gasteiger partial charge in [0.15, 0.2) is 0 Å². The normalized spacial score (nSPS) is 17.1. The SMILES string of the molecule is CC(Nc1ncnc2ccsc12)C(=O)N1CCOCC1. The van der Waals surface area contributed by atoms with E-state index < -0.39 is 0 Å². The average Bonchev–Trinajstić information content (AvgIpc) is 2.97. The van der Waals surface area contributed by atoms with E-state index in [2.05, 4.69) is 15.3 Å². The molecule has 1 fully saturated rings. The standard InChI is InChI=1S/C13H16N4O2S/c1-9(13(18)17-3-5-19-6-4-17)16-12-11-10(2-7-20-11)14-8-15-12/h2,7-9H,3-6H2,1H3,(H,14,15,16). The van der Waals surface area contributed by atoms with E-state index in [1.165, 1.54) is 6.33 Å². The van der Waals surface area contributed by atoms with Crippen molar-refractivity contribution < 1.29 is 9.53 Å². The summed E-state index contributed by atoms with van der Waals surface area (Å²) in [5.74, 6) is 0.802. The van der Waals surface area contributed by atoms with Crippen LogP contribution in [0, 0.1) is 0 Å². The van der Waals surface area contributed by atoms with Crippen LogP contribution < -0.4 is 5.32 Å². The van der Waals surface area contributed by atoms with Crippen LogP contribution in [0.2, 0.25) is 0 Å². The molecule has 1 aliphatic rings. The minimum absolute atomic E-state index is 0.0802. The third-order valence-electron chi connectivity index (χ3n) is 3.29. The Hall–Kier alpha value is -1.73. The molecular weight excluding hydrogens is 276 g/mol. The van der Waals surface area contributed by atoms with E-state index in [4.69, 9.17) is 4.74 Å². The van der Waals surface area contributed by atoms with Gasteiger partial charge in [0.2, 0.25) is 5.91 Å². The van der Waals surface area contributed by atoms with E-state index in [1.807, 2.05) is 23.3 Å². The van der Waals surface area contributed by atoms with Gasteiger partial charge in [-0.3, -0.25) is 4.79 Å². The summed E-state index contributed by atoms with van der Waals surface area (Å²) < 4.78 is 6.24. The average molecular weight is 292 g/mol. The zero-order valence-electron chi connectivity index (χ0n) is 11.2. The summed E-state index contributed by atoms with van der Waals surface area (Å²) in [6.07, 6.45) is 1.52. The lowest BCUT2D eigenvalue weighted by Crippen LogP contribution is -2.47. The maximum atomic E-state index is 12.3. The highest BCUT2D eigenvalue weighted by molar-refractivity contribution is 7.17. The smallest absolute Gasteiger partial charge is 0.244 e. The second-order valence-electron chi connectivity index (χ2n) is 4.66. The quantitative estimate of drug-likeness (QED) is 0.925. The number of morpholine rings is 1. The fourth-order valence-corrected chi connectivity index (χ4v) is 3.01. The third-order valence-corrected chi connectivity index (χ3v) is 4.20. The van der Waals surface area contributed by atoms with Gasteiger partial charge in [0.1, 0.15) is 18.2 Å². The zero-order chi connectivity index (χ0) is 13.9. The largest absolute Gasteiger partial charge is 0.378 e. The molecule has 3 heterocycles. The molecule has 1 unspecified atom stereocenters. The monoisotopic (exact) mass is 292 g/mol. The van der Waals surface area contributed by atoms with E-state index >= 15 is 0 Å². The molecule has 0 spiro atoms. The molecule has 3 rings (SSSR count). The van der Waals surface area contributed by atoms with Crippen molar-refractivity contribution in [1.82, 2.24) is 14.9 Å². The first-order valence-corrected chi connectivity index (χ1v) is 7.45. The number of carbonyl (C=O) groups excluding carboxylic acids is 1. The molecule has 0 bridgehead atoms. The van der Waals surface area contributed by atoms with E-state index in [-0.39, 0.29) is 11.9 Å². The molecule has 20 heavy (non-hydrogen) atoms. The lowest BCUT2D eigenvalue weighted by Gasteiger charge is -2.29. The first-order chi connectivity index (χ1) is 9.75. The van der Waals surface area contributed by atoms with Gasteiger partial charge in [-0.1, -0.05) is 0 Å². The third kappa shape index (κ3) is 2.59. The summed E-state index contributed by atoms with van der Waals surface area (Å²) in [5, 5.41) is 5.17. The van der Waals surface area contributed by atoms with Crippen molar-refractivity contribution in [2.75, 3.05) is 31.6 Å². The van der Waals surface area contributed by atoms with Crippen molar-refractivity contribution in [3.63, 3.8) is 0 Å². The number of carbonyl (C=O) groups is 1. The molecule has 1 aliphatic heterocycles. The van der Waals surface area contributed by atoms with Crippen LogP contribution in [0.4, 0.5) is 5.82 Å². The summed E-state index contributed by atoms with van der Waals surface area (Å²) in [6, 6.07) is 1.63. The van der Waals surface area contributed by atoms with Gasteiger partial charge in [-0.15, -0.1) is 11.3 Å². The molecule has 0 aliphatic carbocycles. The highest BCUT2D eigenvalue weighted by Gasteiger charge is 2.23. The molecular formula is C13H16N4O2S. The van der Waals surface area contributed by atoms with Gasteiger partial charge in [0.25, 0.3) is 0 Å². The fourth-order valence-electron chi connectivity index (χ4n) is 2.22. The number of rotatable bonds is 3. The second kappa shape index (κ2) is 5.72. The van der Waals surface area contributed by atoms with Crippen molar-refractivity contribution in [3.05, 3.63) is 17.8 Å². The molecule has 7 heteroatoms. The summed E-state index contributed by atoms with van der Waals surface area (Å²) in [4.78, 5) is 22.6. The van der Waals surface area contributed by atoms with Crippen molar-refractivity contribution in [1.29, 1.82) is 0 Å². The van der Waals surface area contributed by atoms with Crippen LogP contribution in [0.1, 0.15) is 6.92 Å². The Bertz CT molecular complexity index is 609. The lowest BCUT2D eigenvalue weighted by molar-refractivity contribution is -0.135. The fraction of sp³-hybridized carbons (Fsp3) is 0.462. The van der Waals surface area contributed by atoms with Crippen LogP contribution in [-0.2, 0) is 9.53 Å². The molecule has 2 aromatic heterocycles. The van der Waals surface area contributed by atoms with Gasteiger partial charge >= 0.3 is 0 Å². The maximum absolute atomic E-state index is 12.3. The van der Waals surface area contributed by atoms with Gasteiger partial charge < -0.3 is 15.0 Å². The van der Waals surface area contributed by atoms with E-state index in [0.717, 1.165) is 16.0 Å². The molecule has 6 nitrogen and oxygen atoms in total. The van der Waals surface area contributed by atoms with Crippen LogP contribution in [-0.4, -0.2) is 53.1 Å². The molecule has 1 atom stereocenters. The van der Waals surface area contributed by atoms with Crippen LogP contribution in [0.15, 0.2) is 17.8 Å². The Balaban J connectivity index is 1.73. The Labute approximate surface area is 120 Å². The Morgan fingerprint density at radius 1 is 1.45 bits per heavy atom. The Kier molecular flexibility index (Phi) is 3.79. The maximum Gasteiger partial charge on any atom is 0.244 e. The first kappa shape index (κ1) is 13.3. The minimum Gasteiger partial charge on any atom is -0.378 e. The highest BCUT2D eigenvalue weighted by Crippen LogP contribution is 2.25. The predicted octanol–water partition coefficient (Wildman–Crippen LogP) is 1.35. The molecule has 1 amide bonds. The van der Waals surface area contributed by atoms with Crippen LogP contribution in [0.5, 0.6) is 0 Å². The number of amides is 1. The summed E-state index contributed by atoms with van der Waals surface area (Å²) in [7, 11) is 0. The first-order valence-electron chi connectivity index (χ1n) is 6.57. The highest BCUT2D eigenvalue weighted by atomic mass is 32.1. The van der Waals surface area contributed by atoms with Crippen molar-refractivity contribution in [2.45, 2.75) is 13.0 Å². The van der Waals surface area contributed by atoms with Crippen LogP contribution in [0.25, 0.3) is 10.2 Å². The van der Waals surface area contributed by atoms with E-state index in [9.17, 15) is 4.79 Å². The van der Waals surface area contributed by atoms with Crippen molar-refractivity contribution in [3.8, 4) is 0 Å². The second-order valence-corrected chi connectivity index (χ2v) is 5.58. The number of thiophene rings is 1. The summed E-state index contributed by atoms with van der Waals surface area (Å²) in [5.41, 5.74) is 0.901. The van der Waals surface area contributed by atoms with Gasteiger partial charge in [0.05, 0.1) is 23.4 Å². The van der Waals surface area contributed by atoms with Gasteiger partial charge in [0, 0.05) is 13.1 Å². The van der Waals surface area contributed by atoms with E-state index in [1.54, 1.807) is 11.3 Å². The van der Waals surface area contributed by atoms with E-state index in [0.29, 0.717) is 26.3 Å². The van der Waals surface area contributed by atoms with Crippen LogP contribution in [0.3, 0.4) is 0 Å². The van der Waals surface area contributed by atoms with Gasteiger partial charge in [-0.2, -0.15) is 0 Å². The zero-order valence-corrected chi connectivity index (χ0v) is 12.0. The number of hydrogen-bond acceptors (Lipinski definition) is 6. The topological polar surface area (TPSA) is 67.4 Å². The van der Waals surface area contributed by atoms with Crippen molar-refractivity contribution in [2.24, 2.45) is 0 Å². The Morgan fingerprint density at radius 3 is 3.05 bits per heavy atom. The summed E-state index contributed by atoms with van der Waals surface area (Å²) in [6.45, 7) is 4.40. The number of nitrogens with zero attached hydrogens (tertiary/aromatic N) is 3. The number of ether oxygens (including phenoxy) is 1. The molecule has 1 saturated heterocycles. The number of hydrogen-bond donors (Lipinski definition) is 1. The molecule has 106 valence electrons. The number of nitrogens with one attached hydrogen (secondary N) is 1. The number of fused-ring (bicyclic) bond motifs is 1.